The lowest BCUT2D eigenvalue weighted by atomic mass is 10.0. The highest BCUT2D eigenvalue weighted by molar-refractivity contribution is 5.97. The van der Waals surface area contributed by atoms with Crippen LogP contribution in [0.15, 0.2) is 0 Å². The summed E-state index contributed by atoms with van der Waals surface area (Å²) < 4.78 is 4.97. The average molecular weight is 437 g/mol. The van der Waals surface area contributed by atoms with Gasteiger partial charge < -0.3 is 25.6 Å². The molecule has 3 aliphatic rings. The molecule has 4 amide bonds. The van der Waals surface area contributed by atoms with Crippen LogP contribution in [0.5, 0.6) is 0 Å². The van der Waals surface area contributed by atoms with E-state index in [1.165, 1.54) is 4.90 Å². The summed E-state index contributed by atoms with van der Waals surface area (Å²) in [4.78, 5) is 64.0. The van der Waals surface area contributed by atoms with Crippen LogP contribution in [0.2, 0.25) is 0 Å². The molecule has 10 nitrogen and oxygen atoms in total. The van der Waals surface area contributed by atoms with Gasteiger partial charge >= 0.3 is 0 Å². The summed E-state index contributed by atoms with van der Waals surface area (Å²) in [6.45, 7) is 4.08. The van der Waals surface area contributed by atoms with E-state index in [-0.39, 0.29) is 23.7 Å². The van der Waals surface area contributed by atoms with Crippen LogP contribution in [0.25, 0.3) is 0 Å². The van der Waals surface area contributed by atoms with E-state index in [9.17, 15) is 24.0 Å². The first-order chi connectivity index (χ1) is 14.8. The maximum Gasteiger partial charge on any atom is 0.245 e. The second-order valence-electron chi connectivity index (χ2n) is 8.60. The van der Waals surface area contributed by atoms with Crippen molar-refractivity contribution < 1.29 is 28.7 Å². The molecule has 3 aliphatic heterocycles. The zero-order valence-corrected chi connectivity index (χ0v) is 18.1. The third-order valence-corrected chi connectivity index (χ3v) is 6.06. The number of hydrogen-bond acceptors (Lipinski definition) is 6. The predicted molar refractivity (Wildman–Crippen MR) is 110 cm³/mol. The second kappa shape index (κ2) is 10.2. The molecular formula is C21H32N4O6. The van der Waals surface area contributed by atoms with Crippen molar-refractivity contribution in [3.8, 4) is 0 Å². The molecule has 5 atom stereocenters. The van der Waals surface area contributed by atoms with Crippen molar-refractivity contribution in [2.45, 2.75) is 89.1 Å². The van der Waals surface area contributed by atoms with Crippen LogP contribution in [0.4, 0.5) is 0 Å². The number of nitrogens with zero attached hydrogens (tertiary/aromatic N) is 1. The van der Waals surface area contributed by atoms with Crippen LogP contribution in [0.1, 0.15) is 58.8 Å². The number of unbranched alkanes of at least 4 members (excludes halogenated alkanes) is 2. The lowest BCUT2D eigenvalue weighted by Crippen LogP contribution is -2.60. The number of hydrogen-bond donors (Lipinski definition) is 3. The fourth-order valence-corrected chi connectivity index (χ4v) is 4.09. The number of Topliss-reactive ketones (excluding diaryl/α,β-unsaturated/α-hetero) is 1. The molecule has 10 heteroatoms. The number of fused-ring (bicyclic) bond motifs is 1. The van der Waals surface area contributed by atoms with E-state index in [0.29, 0.717) is 51.7 Å². The van der Waals surface area contributed by atoms with Crippen LogP contribution in [0, 0.1) is 0 Å². The Bertz CT molecular complexity index is 737. The van der Waals surface area contributed by atoms with Gasteiger partial charge in [-0.2, -0.15) is 0 Å². The SMILES string of the molecule is C[C@H]1NC(=O)[C@H](CCCCCC(=O)[C@@H]2CO2)NC(=O)[C@@H]2CCCN2C(=O)[C@@H](C)NC1=O. The molecule has 3 rings (SSSR count). The molecule has 3 heterocycles. The van der Waals surface area contributed by atoms with Crippen molar-refractivity contribution in [3.05, 3.63) is 0 Å². The number of amides is 4. The van der Waals surface area contributed by atoms with Gasteiger partial charge in [0, 0.05) is 13.0 Å². The summed E-state index contributed by atoms with van der Waals surface area (Å²) in [5.41, 5.74) is 0. The Morgan fingerprint density at radius 1 is 0.968 bits per heavy atom. The molecule has 0 aliphatic carbocycles. The lowest BCUT2D eigenvalue weighted by molar-refractivity contribution is -0.143. The predicted octanol–water partition coefficient (Wildman–Crippen LogP) is -0.596. The van der Waals surface area contributed by atoms with Crippen LogP contribution in [0.3, 0.4) is 0 Å². The van der Waals surface area contributed by atoms with Crippen molar-refractivity contribution in [2.24, 2.45) is 0 Å². The number of epoxide rings is 1. The first-order valence-corrected chi connectivity index (χ1v) is 11.1. The molecule has 3 fully saturated rings. The topological polar surface area (TPSA) is 137 Å². The highest BCUT2D eigenvalue weighted by Gasteiger charge is 2.39. The van der Waals surface area contributed by atoms with Crippen LogP contribution < -0.4 is 16.0 Å². The standard InChI is InChI=1S/C21H32N4O6/c1-12-18(27)23-13(2)21(30)25-10-6-8-15(25)20(29)24-14(19(28)22-12)7-4-3-5-9-16(26)17-11-31-17/h12-15,17H,3-11H2,1-2H3,(H,22,28)(H,23,27)(H,24,29)/t12-,13-,14+,15+,17+/m1/s1. The Balaban J connectivity index is 1.62. The molecule has 3 saturated heterocycles. The van der Waals surface area contributed by atoms with E-state index in [2.05, 4.69) is 16.0 Å². The van der Waals surface area contributed by atoms with Crippen molar-refractivity contribution in [1.29, 1.82) is 0 Å². The summed E-state index contributed by atoms with van der Waals surface area (Å²) in [6.07, 6.45) is 3.89. The molecule has 0 saturated carbocycles. The van der Waals surface area contributed by atoms with Gasteiger partial charge in [-0.3, -0.25) is 24.0 Å². The molecular weight excluding hydrogens is 404 g/mol. The molecule has 0 unspecified atom stereocenters. The number of nitrogens with one attached hydrogen (secondary N) is 3. The van der Waals surface area contributed by atoms with Crippen LogP contribution in [-0.2, 0) is 28.7 Å². The Kier molecular flexibility index (Phi) is 7.64. The molecule has 0 aromatic heterocycles. The Morgan fingerprint density at radius 3 is 2.39 bits per heavy atom. The summed E-state index contributed by atoms with van der Waals surface area (Å²) >= 11 is 0. The number of ketones is 1. The molecule has 0 bridgehead atoms. The number of rotatable bonds is 7. The minimum atomic E-state index is -0.841. The van der Waals surface area contributed by atoms with Crippen molar-refractivity contribution >= 4 is 29.4 Å². The molecule has 0 aromatic rings. The van der Waals surface area contributed by atoms with Gasteiger partial charge in [0.05, 0.1) is 6.61 Å². The fourth-order valence-electron chi connectivity index (χ4n) is 4.09. The zero-order chi connectivity index (χ0) is 22.5. The average Bonchev–Trinajstić information content (AvgIpc) is 3.47. The summed E-state index contributed by atoms with van der Waals surface area (Å²) in [5, 5.41) is 8.05. The molecule has 172 valence electrons. The van der Waals surface area contributed by atoms with E-state index in [4.69, 9.17) is 4.74 Å². The number of carbonyl (C=O) groups is 5. The second-order valence-corrected chi connectivity index (χ2v) is 8.60. The van der Waals surface area contributed by atoms with Gasteiger partial charge in [0.2, 0.25) is 23.6 Å². The zero-order valence-electron chi connectivity index (χ0n) is 18.1. The van der Waals surface area contributed by atoms with E-state index in [1.54, 1.807) is 13.8 Å². The summed E-state index contributed by atoms with van der Waals surface area (Å²) in [6, 6.07) is -3.07. The van der Waals surface area contributed by atoms with Gasteiger partial charge in [-0.15, -0.1) is 0 Å². The number of carbonyl (C=O) groups excluding carboxylic acids is 5. The van der Waals surface area contributed by atoms with E-state index in [1.807, 2.05) is 0 Å². The minimum absolute atomic E-state index is 0.108. The monoisotopic (exact) mass is 436 g/mol. The van der Waals surface area contributed by atoms with E-state index < -0.39 is 36.0 Å². The normalized spacial score (nSPS) is 31.7. The lowest BCUT2D eigenvalue weighted by Gasteiger charge is -2.30. The van der Waals surface area contributed by atoms with Gasteiger partial charge in [-0.1, -0.05) is 12.8 Å². The molecule has 3 N–H and O–H groups in total. The first kappa shape index (κ1) is 23.2. The Labute approximate surface area is 181 Å². The van der Waals surface area contributed by atoms with Gasteiger partial charge in [0.1, 0.15) is 30.3 Å². The quantitative estimate of drug-likeness (QED) is 0.360. The highest BCUT2D eigenvalue weighted by Crippen LogP contribution is 2.20. The van der Waals surface area contributed by atoms with E-state index in [0.717, 1.165) is 6.42 Å². The third-order valence-electron chi connectivity index (χ3n) is 6.06. The van der Waals surface area contributed by atoms with Gasteiger partial charge in [-0.05, 0) is 39.5 Å². The Hall–Kier alpha value is -2.49. The van der Waals surface area contributed by atoms with Crippen molar-refractivity contribution in [3.63, 3.8) is 0 Å². The van der Waals surface area contributed by atoms with Gasteiger partial charge in [0.25, 0.3) is 0 Å². The summed E-state index contributed by atoms with van der Waals surface area (Å²) in [7, 11) is 0. The van der Waals surface area contributed by atoms with Crippen LogP contribution >= 0.6 is 0 Å². The smallest absolute Gasteiger partial charge is 0.245 e. The van der Waals surface area contributed by atoms with Crippen LogP contribution in [-0.4, -0.2) is 77.7 Å². The summed E-state index contributed by atoms with van der Waals surface area (Å²) in [5.74, 6) is -1.42. The molecule has 0 spiro atoms. The van der Waals surface area contributed by atoms with Crippen molar-refractivity contribution in [2.75, 3.05) is 13.2 Å². The minimum Gasteiger partial charge on any atom is -0.365 e. The fraction of sp³-hybridized carbons (Fsp3) is 0.762. The van der Waals surface area contributed by atoms with Gasteiger partial charge in [-0.25, -0.2) is 0 Å². The largest absolute Gasteiger partial charge is 0.365 e. The van der Waals surface area contributed by atoms with E-state index >= 15 is 0 Å². The highest BCUT2D eigenvalue weighted by atomic mass is 16.6. The molecule has 0 aromatic carbocycles. The van der Waals surface area contributed by atoms with Gasteiger partial charge in [0.15, 0.2) is 5.78 Å². The maximum atomic E-state index is 12.9. The first-order valence-electron chi connectivity index (χ1n) is 11.1. The van der Waals surface area contributed by atoms with Crippen molar-refractivity contribution in [1.82, 2.24) is 20.9 Å². The molecule has 0 radical (unpaired) electrons. The maximum absolute atomic E-state index is 12.9. The third kappa shape index (κ3) is 6.03. The Morgan fingerprint density at radius 2 is 1.68 bits per heavy atom. The molecule has 31 heavy (non-hydrogen) atoms. The number of ether oxygens (including phenoxy) is 1.